The Labute approximate surface area is 93.3 Å². The summed E-state index contributed by atoms with van der Waals surface area (Å²) in [4.78, 5) is 11.5. The normalized spacial score (nSPS) is 12.5. The molecule has 0 aromatic rings. The summed E-state index contributed by atoms with van der Waals surface area (Å²) in [5.74, 6) is 0.643. The summed E-state index contributed by atoms with van der Waals surface area (Å²) < 4.78 is 0. The van der Waals surface area contributed by atoms with Crippen LogP contribution in [0.5, 0.6) is 0 Å². The third-order valence-electron chi connectivity index (χ3n) is 2.72. The van der Waals surface area contributed by atoms with Crippen LogP contribution >= 0.6 is 0 Å². The van der Waals surface area contributed by atoms with Gasteiger partial charge >= 0.3 is 0 Å². The third-order valence-corrected chi connectivity index (χ3v) is 2.72. The van der Waals surface area contributed by atoms with E-state index in [1.54, 1.807) is 6.08 Å². The Morgan fingerprint density at radius 2 is 2.00 bits per heavy atom. The minimum atomic E-state index is 0.0660. The zero-order valence-electron chi connectivity index (χ0n) is 10.2. The van der Waals surface area contributed by atoms with Gasteiger partial charge in [-0.15, -0.1) is 6.58 Å². The van der Waals surface area contributed by atoms with Crippen LogP contribution in [0.25, 0.3) is 0 Å². The monoisotopic (exact) mass is 212 g/mol. The number of hydrogen-bond acceptors (Lipinski definition) is 2. The Hall–Kier alpha value is -0.830. The van der Waals surface area contributed by atoms with E-state index in [1.165, 1.54) is 0 Å². The molecule has 0 fully saturated rings. The first-order valence-electron chi connectivity index (χ1n) is 5.76. The first-order valence-corrected chi connectivity index (χ1v) is 5.76. The maximum absolute atomic E-state index is 11.5. The third kappa shape index (κ3) is 6.28. The number of carbonyl (C=O) groups is 1. The van der Waals surface area contributed by atoms with Gasteiger partial charge in [0.2, 0.25) is 5.91 Å². The molecule has 0 aliphatic heterocycles. The van der Waals surface area contributed by atoms with Crippen LogP contribution in [0.2, 0.25) is 0 Å². The van der Waals surface area contributed by atoms with E-state index in [2.05, 4.69) is 38.0 Å². The summed E-state index contributed by atoms with van der Waals surface area (Å²) in [5.41, 5.74) is 0. The highest BCUT2D eigenvalue weighted by molar-refractivity contribution is 5.78. The average Bonchev–Trinajstić information content (AvgIpc) is 2.20. The lowest BCUT2D eigenvalue weighted by Gasteiger charge is -2.22. The molecule has 0 aliphatic rings. The van der Waals surface area contributed by atoms with Crippen molar-refractivity contribution < 1.29 is 4.79 Å². The molecule has 3 nitrogen and oxygen atoms in total. The molecule has 0 heterocycles. The molecule has 2 N–H and O–H groups in total. The Bertz CT molecular complexity index is 188. The highest BCUT2D eigenvalue weighted by Gasteiger charge is 2.14. The van der Waals surface area contributed by atoms with Crippen molar-refractivity contribution in [2.24, 2.45) is 5.92 Å². The second-order valence-corrected chi connectivity index (χ2v) is 3.85. The van der Waals surface area contributed by atoms with Crippen molar-refractivity contribution >= 4 is 5.91 Å². The lowest BCUT2D eigenvalue weighted by Crippen LogP contribution is -2.42. The maximum Gasteiger partial charge on any atom is 0.234 e. The van der Waals surface area contributed by atoms with Crippen LogP contribution in [-0.2, 0) is 4.79 Å². The molecule has 1 atom stereocenters. The molecular weight excluding hydrogens is 188 g/mol. The molecule has 0 bridgehead atoms. The Balaban J connectivity index is 3.78. The molecule has 1 amide bonds. The molecule has 3 heteroatoms. The van der Waals surface area contributed by atoms with E-state index >= 15 is 0 Å². The zero-order valence-corrected chi connectivity index (χ0v) is 10.2. The van der Waals surface area contributed by atoms with E-state index in [-0.39, 0.29) is 11.9 Å². The minimum Gasteiger partial charge on any atom is -0.352 e. The molecule has 1 unspecified atom stereocenters. The highest BCUT2D eigenvalue weighted by atomic mass is 16.1. The van der Waals surface area contributed by atoms with E-state index in [1.807, 2.05) is 0 Å². The van der Waals surface area contributed by atoms with E-state index in [0.717, 1.165) is 12.8 Å². The number of carbonyl (C=O) groups excluding carboxylic acids is 1. The van der Waals surface area contributed by atoms with Gasteiger partial charge in [0.25, 0.3) is 0 Å². The van der Waals surface area contributed by atoms with Gasteiger partial charge in [-0.1, -0.05) is 32.8 Å². The van der Waals surface area contributed by atoms with Crippen LogP contribution < -0.4 is 10.6 Å². The standard InChI is InChI=1S/C12H24N2O/c1-5-8-13-9-12(15)14-10(4)11(6-2)7-3/h5,10-11,13H,1,6-9H2,2-4H3,(H,14,15). The zero-order chi connectivity index (χ0) is 11.7. The van der Waals surface area contributed by atoms with E-state index < -0.39 is 0 Å². The second kappa shape index (κ2) is 8.48. The summed E-state index contributed by atoms with van der Waals surface area (Å²) in [6.45, 7) is 11.0. The topological polar surface area (TPSA) is 41.1 Å². The van der Waals surface area contributed by atoms with Crippen molar-refractivity contribution in [1.29, 1.82) is 0 Å². The largest absolute Gasteiger partial charge is 0.352 e. The molecule has 0 saturated heterocycles. The Morgan fingerprint density at radius 3 is 2.47 bits per heavy atom. The second-order valence-electron chi connectivity index (χ2n) is 3.85. The molecule has 0 rings (SSSR count). The van der Waals surface area contributed by atoms with Gasteiger partial charge in [-0.25, -0.2) is 0 Å². The smallest absolute Gasteiger partial charge is 0.234 e. The number of rotatable bonds is 8. The van der Waals surface area contributed by atoms with Crippen LogP contribution in [-0.4, -0.2) is 25.0 Å². The summed E-state index contributed by atoms with van der Waals surface area (Å²) in [5, 5.41) is 5.99. The van der Waals surface area contributed by atoms with Crippen LogP contribution in [0.4, 0.5) is 0 Å². The number of amides is 1. The van der Waals surface area contributed by atoms with Gasteiger partial charge in [0.15, 0.2) is 0 Å². The molecule has 0 spiro atoms. The van der Waals surface area contributed by atoms with Crippen molar-refractivity contribution in [2.75, 3.05) is 13.1 Å². The lowest BCUT2D eigenvalue weighted by molar-refractivity contribution is -0.121. The van der Waals surface area contributed by atoms with E-state index in [0.29, 0.717) is 19.0 Å². The summed E-state index contributed by atoms with van der Waals surface area (Å²) in [6.07, 6.45) is 3.97. The summed E-state index contributed by atoms with van der Waals surface area (Å²) in [6, 6.07) is 0.262. The van der Waals surface area contributed by atoms with Crippen molar-refractivity contribution in [3.05, 3.63) is 12.7 Å². The predicted molar refractivity (Wildman–Crippen MR) is 64.7 cm³/mol. The Morgan fingerprint density at radius 1 is 1.40 bits per heavy atom. The quantitative estimate of drug-likeness (QED) is 0.475. The molecule has 15 heavy (non-hydrogen) atoms. The molecule has 0 aliphatic carbocycles. The lowest BCUT2D eigenvalue weighted by atomic mass is 9.95. The van der Waals surface area contributed by atoms with Gasteiger partial charge in [-0.3, -0.25) is 4.79 Å². The number of nitrogens with one attached hydrogen (secondary N) is 2. The summed E-state index contributed by atoms with van der Waals surface area (Å²) in [7, 11) is 0. The van der Waals surface area contributed by atoms with Crippen LogP contribution in [0.15, 0.2) is 12.7 Å². The molecular formula is C12H24N2O. The van der Waals surface area contributed by atoms with E-state index in [9.17, 15) is 4.79 Å². The maximum atomic E-state index is 11.5. The van der Waals surface area contributed by atoms with Gasteiger partial charge < -0.3 is 10.6 Å². The highest BCUT2D eigenvalue weighted by Crippen LogP contribution is 2.12. The summed E-state index contributed by atoms with van der Waals surface area (Å²) >= 11 is 0. The molecule has 0 radical (unpaired) electrons. The van der Waals surface area contributed by atoms with Gasteiger partial charge in [0.05, 0.1) is 6.54 Å². The van der Waals surface area contributed by atoms with Gasteiger partial charge in [0.1, 0.15) is 0 Å². The van der Waals surface area contributed by atoms with Crippen LogP contribution in [0.1, 0.15) is 33.6 Å². The predicted octanol–water partition coefficient (Wildman–Crippen LogP) is 1.70. The minimum absolute atomic E-state index is 0.0660. The molecule has 0 saturated carbocycles. The van der Waals surface area contributed by atoms with Crippen molar-refractivity contribution in [1.82, 2.24) is 10.6 Å². The van der Waals surface area contributed by atoms with Gasteiger partial charge in [0, 0.05) is 12.6 Å². The van der Waals surface area contributed by atoms with Crippen molar-refractivity contribution in [3.63, 3.8) is 0 Å². The fourth-order valence-corrected chi connectivity index (χ4v) is 1.71. The van der Waals surface area contributed by atoms with Gasteiger partial charge in [-0.05, 0) is 12.8 Å². The van der Waals surface area contributed by atoms with Crippen molar-refractivity contribution in [3.8, 4) is 0 Å². The molecule has 88 valence electrons. The number of hydrogen-bond donors (Lipinski definition) is 2. The Kier molecular flexibility index (Phi) is 8.01. The molecule has 0 aromatic heterocycles. The van der Waals surface area contributed by atoms with Crippen LogP contribution in [0, 0.1) is 5.92 Å². The fraction of sp³-hybridized carbons (Fsp3) is 0.750. The van der Waals surface area contributed by atoms with E-state index in [4.69, 9.17) is 0 Å². The molecule has 0 aromatic carbocycles. The first-order chi connectivity index (χ1) is 7.15. The fourth-order valence-electron chi connectivity index (χ4n) is 1.71. The van der Waals surface area contributed by atoms with Gasteiger partial charge in [-0.2, -0.15) is 0 Å². The SMILES string of the molecule is C=CCNCC(=O)NC(C)C(CC)CC. The van der Waals surface area contributed by atoms with Crippen LogP contribution in [0.3, 0.4) is 0 Å². The average molecular weight is 212 g/mol. The first kappa shape index (κ1) is 14.2. The van der Waals surface area contributed by atoms with Crippen molar-refractivity contribution in [2.45, 2.75) is 39.7 Å².